The van der Waals surface area contributed by atoms with Crippen molar-refractivity contribution in [1.82, 2.24) is 0 Å². The summed E-state index contributed by atoms with van der Waals surface area (Å²) in [5.41, 5.74) is 0.0471. The minimum Gasteiger partial charge on any atom is -0.198 e. The van der Waals surface area contributed by atoms with Crippen LogP contribution in [0.5, 0.6) is 0 Å². The van der Waals surface area contributed by atoms with Crippen LogP contribution < -0.4 is 0 Å². The molecule has 0 radical (unpaired) electrons. The Hall–Kier alpha value is -0.510. The molecule has 1 heteroatoms. The lowest BCUT2D eigenvalue weighted by molar-refractivity contribution is 0.0605. The van der Waals surface area contributed by atoms with E-state index in [1.807, 2.05) is 0 Å². The first-order chi connectivity index (χ1) is 13.2. The minimum absolute atomic E-state index is 0.0471. The molecule has 0 aromatic heterocycles. The van der Waals surface area contributed by atoms with Crippen LogP contribution in [0.3, 0.4) is 0 Å². The second-order valence-corrected chi connectivity index (χ2v) is 10.5. The van der Waals surface area contributed by atoms with Crippen molar-refractivity contribution in [2.24, 2.45) is 35.0 Å². The van der Waals surface area contributed by atoms with Gasteiger partial charge in [-0.15, -0.1) is 0 Å². The molecule has 0 unspecified atom stereocenters. The van der Waals surface area contributed by atoms with Gasteiger partial charge >= 0.3 is 0 Å². The molecular weight excluding hydrogens is 326 g/mol. The number of nitrogens with zero attached hydrogens (tertiary/aromatic N) is 1. The fourth-order valence-corrected chi connectivity index (χ4v) is 6.99. The van der Waals surface area contributed by atoms with Gasteiger partial charge in [-0.25, -0.2) is 0 Å². The molecule has 3 saturated carbocycles. The van der Waals surface area contributed by atoms with Crippen LogP contribution in [0.1, 0.15) is 123 Å². The van der Waals surface area contributed by atoms with Crippen molar-refractivity contribution in [2.75, 3.05) is 0 Å². The second-order valence-electron chi connectivity index (χ2n) is 10.5. The highest BCUT2D eigenvalue weighted by molar-refractivity contribution is 5.06. The quantitative estimate of drug-likeness (QED) is 0.413. The van der Waals surface area contributed by atoms with Gasteiger partial charge in [-0.05, 0) is 81.0 Å². The maximum Gasteiger partial charge on any atom is 0.0692 e. The number of hydrogen-bond donors (Lipinski definition) is 0. The average Bonchev–Trinajstić information content (AvgIpc) is 2.74. The first-order valence-corrected chi connectivity index (χ1v) is 12.6. The normalized spacial score (nSPS) is 40.4. The Labute approximate surface area is 169 Å². The zero-order chi connectivity index (χ0) is 19.1. The number of hydrogen-bond acceptors (Lipinski definition) is 1. The molecule has 3 fully saturated rings. The molecule has 0 spiro atoms. The Bertz CT molecular complexity index is 451. The summed E-state index contributed by atoms with van der Waals surface area (Å²) in [5, 5.41) is 10.1. The van der Waals surface area contributed by atoms with Crippen molar-refractivity contribution < 1.29 is 0 Å². The number of unbranched alkanes of at least 4 members (excludes halogenated alkanes) is 2. The topological polar surface area (TPSA) is 23.8 Å². The van der Waals surface area contributed by atoms with Gasteiger partial charge in [-0.3, -0.25) is 0 Å². The van der Waals surface area contributed by atoms with Crippen molar-refractivity contribution in [3.63, 3.8) is 0 Å². The molecule has 0 amide bonds. The highest BCUT2D eigenvalue weighted by Gasteiger charge is 2.44. The van der Waals surface area contributed by atoms with E-state index < -0.39 is 0 Å². The summed E-state index contributed by atoms with van der Waals surface area (Å²) >= 11 is 0. The predicted octanol–water partition coefficient (Wildman–Crippen LogP) is 8.29. The third kappa shape index (κ3) is 5.31. The molecule has 3 rings (SSSR count). The fourth-order valence-electron chi connectivity index (χ4n) is 6.99. The summed E-state index contributed by atoms with van der Waals surface area (Å²) in [6.45, 7) is 4.67. The van der Waals surface area contributed by atoms with E-state index in [2.05, 4.69) is 19.9 Å². The van der Waals surface area contributed by atoms with Crippen molar-refractivity contribution in [3.8, 4) is 6.07 Å². The molecule has 3 aliphatic carbocycles. The van der Waals surface area contributed by atoms with Gasteiger partial charge in [0.05, 0.1) is 11.5 Å². The zero-order valence-electron chi connectivity index (χ0n) is 18.4. The maximum atomic E-state index is 10.1. The third-order valence-corrected chi connectivity index (χ3v) is 9.12. The lowest BCUT2D eigenvalue weighted by Crippen LogP contribution is -2.38. The van der Waals surface area contributed by atoms with Gasteiger partial charge in [0.25, 0.3) is 0 Å². The lowest BCUT2D eigenvalue weighted by atomic mass is 9.57. The van der Waals surface area contributed by atoms with Crippen molar-refractivity contribution in [1.29, 1.82) is 5.26 Å². The lowest BCUT2D eigenvalue weighted by Gasteiger charge is -2.45. The van der Waals surface area contributed by atoms with E-state index in [9.17, 15) is 5.26 Å². The first kappa shape index (κ1) is 21.2. The molecule has 1 nitrogen and oxygen atoms in total. The Morgan fingerprint density at radius 2 is 1.33 bits per heavy atom. The molecule has 0 heterocycles. The molecule has 0 aliphatic heterocycles. The maximum absolute atomic E-state index is 10.1. The van der Waals surface area contributed by atoms with Crippen LogP contribution in [-0.4, -0.2) is 0 Å². The molecule has 3 aliphatic rings. The Kier molecular flexibility index (Phi) is 8.10. The van der Waals surface area contributed by atoms with E-state index in [1.54, 1.807) is 0 Å². The van der Waals surface area contributed by atoms with Crippen LogP contribution >= 0.6 is 0 Å². The van der Waals surface area contributed by atoms with E-state index in [4.69, 9.17) is 0 Å². The van der Waals surface area contributed by atoms with E-state index >= 15 is 0 Å². The zero-order valence-corrected chi connectivity index (χ0v) is 18.4. The van der Waals surface area contributed by atoms with Gasteiger partial charge in [0.2, 0.25) is 0 Å². The fraction of sp³-hybridized carbons (Fsp3) is 0.962. The Morgan fingerprint density at radius 3 is 1.89 bits per heavy atom. The van der Waals surface area contributed by atoms with Gasteiger partial charge in [0, 0.05) is 0 Å². The van der Waals surface area contributed by atoms with E-state index in [0.717, 1.165) is 23.7 Å². The van der Waals surface area contributed by atoms with E-state index in [1.165, 1.54) is 109 Å². The largest absolute Gasteiger partial charge is 0.198 e. The predicted molar refractivity (Wildman–Crippen MR) is 115 cm³/mol. The van der Waals surface area contributed by atoms with Crippen molar-refractivity contribution in [3.05, 3.63) is 0 Å². The van der Waals surface area contributed by atoms with Crippen LogP contribution in [0.25, 0.3) is 0 Å². The highest BCUT2D eigenvalue weighted by Crippen LogP contribution is 2.52. The first-order valence-electron chi connectivity index (χ1n) is 12.6. The van der Waals surface area contributed by atoms with Gasteiger partial charge in [0.1, 0.15) is 0 Å². The van der Waals surface area contributed by atoms with Crippen molar-refractivity contribution >= 4 is 0 Å². The van der Waals surface area contributed by atoms with E-state index in [-0.39, 0.29) is 5.41 Å². The molecule has 0 saturated heterocycles. The monoisotopic (exact) mass is 371 g/mol. The summed E-state index contributed by atoms with van der Waals surface area (Å²) in [6.07, 6.45) is 23.5. The van der Waals surface area contributed by atoms with Crippen LogP contribution in [0.2, 0.25) is 0 Å². The summed E-state index contributed by atoms with van der Waals surface area (Å²) in [6, 6.07) is 2.89. The summed E-state index contributed by atoms with van der Waals surface area (Å²) in [7, 11) is 0. The molecular formula is C26H45N. The highest BCUT2D eigenvalue weighted by atomic mass is 14.5. The minimum atomic E-state index is 0.0471. The SMILES string of the molecule is CCCCCC1CCC(C2(C#N)CCC(C3CCC(CC)CC3)CC2)CC1. The average molecular weight is 372 g/mol. The molecule has 0 aromatic rings. The standard InChI is InChI=1S/C26H45N/c1-3-5-6-7-22-10-14-25(15-11-22)26(20-27)18-16-24(17-19-26)23-12-8-21(4-2)9-13-23/h21-25H,3-19H2,1-2H3. The number of nitriles is 1. The second kappa shape index (κ2) is 10.3. The van der Waals surface area contributed by atoms with Gasteiger partial charge in [-0.2, -0.15) is 5.26 Å². The van der Waals surface area contributed by atoms with Crippen LogP contribution in [0, 0.1) is 46.3 Å². The van der Waals surface area contributed by atoms with Crippen LogP contribution in [0.15, 0.2) is 0 Å². The Balaban J connectivity index is 1.45. The van der Waals surface area contributed by atoms with Gasteiger partial charge in [-0.1, -0.05) is 71.6 Å². The van der Waals surface area contributed by atoms with Crippen LogP contribution in [0.4, 0.5) is 0 Å². The third-order valence-electron chi connectivity index (χ3n) is 9.12. The smallest absolute Gasteiger partial charge is 0.0692 e. The van der Waals surface area contributed by atoms with E-state index in [0.29, 0.717) is 5.92 Å². The molecule has 0 N–H and O–H groups in total. The molecule has 0 atom stereocenters. The van der Waals surface area contributed by atoms with Crippen LogP contribution in [-0.2, 0) is 0 Å². The molecule has 0 bridgehead atoms. The number of rotatable bonds is 7. The summed E-state index contributed by atoms with van der Waals surface area (Å²) in [5.74, 6) is 4.61. The molecule has 154 valence electrons. The van der Waals surface area contributed by atoms with Crippen molar-refractivity contribution in [2.45, 2.75) is 123 Å². The summed E-state index contributed by atoms with van der Waals surface area (Å²) < 4.78 is 0. The Morgan fingerprint density at radius 1 is 0.741 bits per heavy atom. The summed E-state index contributed by atoms with van der Waals surface area (Å²) in [4.78, 5) is 0. The molecule has 27 heavy (non-hydrogen) atoms. The van der Waals surface area contributed by atoms with Gasteiger partial charge in [0.15, 0.2) is 0 Å². The van der Waals surface area contributed by atoms with Gasteiger partial charge < -0.3 is 0 Å². The molecule has 0 aromatic carbocycles.